The van der Waals surface area contributed by atoms with Gasteiger partial charge in [-0.3, -0.25) is 4.90 Å². The monoisotopic (exact) mass is 283 g/mol. The van der Waals surface area contributed by atoms with Crippen LogP contribution in [0.3, 0.4) is 0 Å². The molecule has 5 heteroatoms. The summed E-state index contributed by atoms with van der Waals surface area (Å²) in [7, 11) is 0. The maximum Gasteiger partial charge on any atom is 0.231 e. The van der Waals surface area contributed by atoms with E-state index in [4.69, 9.17) is 21.1 Å². The van der Waals surface area contributed by atoms with Crippen LogP contribution < -0.4 is 9.47 Å². The number of aliphatic hydroxyl groups is 1. The number of piperidine rings is 1. The number of rotatable bonds is 2. The molecule has 2 aliphatic rings. The van der Waals surface area contributed by atoms with Crippen LogP contribution in [0.2, 0.25) is 5.02 Å². The van der Waals surface area contributed by atoms with E-state index in [-0.39, 0.29) is 12.9 Å². The van der Waals surface area contributed by atoms with Gasteiger partial charge in [0, 0.05) is 13.1 Å². The third-order valence-corrected chi connectivity index (χ3v) is 4.18. The van der Waals surface area contributed by atoms with Crippen molar-refractivity contribution in [3.05, 3.63) is 22.7 Å². The summed E-state index contributed by atoms with van der Waals surface area (Å²) < 4.78 is 10.7. The van der Waals surface area contributed by atoms with E-state index in [0.29, 0.717) is 29.0 Å². The molecule has 4 nitrogen and oxygen atoms in total. The smallest absolute Gasteiger partial charge is 0.231 e. The van der Waals surface area contributed by atoms with Crippen LogP contribution in [0.15, 0.2) is 12.1 Å². The van der Waals surface area contributed by atoms with E-state index in [9.17, 15) is 5.11 Å². The van der Waals surface area contributed by atoms with Crippen molar-refractivity contribution < 1.29 is 14.6 Å². The molecular weight excluding hydrogens is 266 g/mol. The van der Waals surface area contributed by atoms with E-state index in [1.807, 2.05) is 12.1 Å². The Morgan fingerprint density at radius 3 is 3.05 bits per heavy atom. The van der Waals surface area contributed by atoms with E-state index in [2.05, 4.69) is 11.8 Å². The zero-order valence-electron chi connectivity index (χ0n) is 10.9. The molecule has 1 saturated heterocycles. The second-order valence-corrected chi connectivity index (χ2v) is 5.79. The minimum Gasteiger partial charge on any atom is -0.454 e. The number of likely N-dealkylation sites (tertiary alicyclic amines) is 1. The normalized spacial score (nSPS) is 26.7. The van der Waals surface area contributed by atoms with Crippen molar-refractivity contribution in [1.82, 2.24) is 4.90 Å². The summed E-state index contributed by atoms with van der Waals surface area (Å²) in [4.78, 5) is 2.25. The van der Waals surface area contributed by atoms with Crippen molar-refractivity contribution >= 4 is 11.6 Å². The average Bonchev–Trinajstić information content (AvgIpc) is 2.82. The van der Waals surface area contributed by atoms with Crippen LogP contribution in [-0.4, -0.2) is 36.0 Å². The minimum absolute atomic E-state index is 0.235. The summed E-state index contributed by atoms with van der Waals surface area (Å²) in [5.74, 6) is 1.74. The Labute approximate surface area is 117 Å². The van der Waals surface area contributed by atoms with Crippen LogP contribution in [-0.2, 0) is 6.54 Å². The van der Waals surface area contributed by atoms with Gasteiger partial charge in [0.05, 0.1) is 11.1 Å². The lowest BCUT2D eigenvalue weighted by Gasteiger charge is -2.34. The second-order valence-electron chi connectivity index (χ2n) is 5.38. The van der Waals surface area contributed by atoms with Crippen molar-refractivity contribution in [2.75, 3.05) is 19.9 Å². The lowest BCUT2D eigenvalue weighted by atomic mass is 9.96. The molecular formula is C14H18ClNO3. The highest BCUT2D eigenvalue weighted by Gasteiger charge is 2.25. The molecule has 3 rings (SSSR count). The predicted octanol–water partition coefficient (Wildman–Crippen LogP) is 2.27. The van der Waals surface area contributed by atoms with Crippen molar-refractivity contribution in [3.63, 3.8) is 0 Å². The average molecular weight is 284 g/mol. The second kappa shape index (κ2) is 5.19. The fourth-order valence-electron chi connectivity index (χ4n) is 2.63. The van der Waals surface area contributed by atoms with E-state index in [1.165, 1.54) is 0 Å². The fraction of sp³-hybridized carbons (Fsp3) is 0.571. The molecule has 1 aromatic rings. The quantitative estimate of drug-likeness (QED) is 0.904. The lowest BCUT2D eigenvalue weighted by molar-refractivity contribution is 0.0259. The van der Waals surface area contributed by atoms with E-state index in [0.717, 1.165) is 25.1 Å². The Kier molecular flexibility index (Phi) is 3.56. The Bertz CT molecular complexity index is 480. The molecule has 0 aliphatic carbocycles. The Morgan fingerprint density at radius 2 is 2.26 bits per heavy atom. The molecule has 0 radical (unpaired) electrons. The van der Waals surface area contributed by atoms with Crippen molar-refractivity contribution in [2.24, 2.45) is 5.92 Å². The summed E-state index contributed by atoms with van der Waals surface area (Å²) in [5.41, 5.74) is 1.09. The molecule has 0 spiro atoms. The van der Waals surface area contributed by atoms with Crippen LogP contribution in [0.4, 0.5) is 0 Å². The van der Waals surface area contributed by atoms with Gasteiger partial charge in [-0.25, -0.2) is 0 Å². The molecule has 1 N–H and O–H groups in total. The summed E-state index contributed by atoms with van der Waals surface area (Å²) in [6, 6.07) is 3.89. The maximum atomic E-state index is 9.92. The van der Waals surface area contributed by atoms with Crippen LogP contribution in [0.25, 0.3) is 0 Å². The third kappa shape index (κ3) is 2.66. The first-order valence-electron chi connectivity index (χ1n) is 6.62. The first-order valence-corrected chi connectivity index (χ1v) is 6.99. The molecule has 0 bridgehead atoms. The maximum absolute atomic E-state index is 9.92. The topological polar surface area (TPSA) is 41.9 Å². The Morgan fingerprint density at radius 1 is 1.42 bits per heavy atom. The fourth-order valence-corrected chi connectivity index (χ4v) is 2.92. The first-order chi connectivity index (χ1) is 9.13. The van der Waals surface area contributed by atoms with Crippen LogP contribution in [0, 0.1) is 5.92 Å². The number of hydrogen-bond donors (Lipinski definition) is 1. The largest absolute Gasteiger partial charge is 0.454 e. The summed E-state index contributed by atoms with van der Waals surface area (Å²) in [6.45, 7) is 4.83. The standard InChI is InChI=1S/C14H18ClNO3/c1-9-2-3-16(7-12(9)17)6-10-4-11(15)14-13(5-10)18-8-19-14/h4-5,9,12,17H,2-3,6-8H2,1H3. The molecule has 2 atom stereocenters. The Hall–Kier alpha value is -0.970. The molecule has 2 unspecified atom stereocenters. The highest BCUT2D eigenvalue weighted by Crippen LogP contribution is 2.40. The van der Waals surface area contributed by atoms with Crippen molar-refractivity contribution in [1.29, 1.82) is 0 Å². The van der Waals surface area contributed by atoms with Gasteiger partial charge in [-0.15, -0.1) is 0 Å². The first kappa shape index (κ1) is 13.0. The highest BCUT2D eigenvalue weighted by atomic mass is 35.5. The number of fused-ring (bicyclic) bond motifs is 1. The van der Waals surface area contributed by atoms with Crippen LogP contribution in [0.5, 0.6) is 11.5 Å². The molecule has 104 valence electrons. The number of hydrogen-bond acceptors (Lipinski definition) is 4. The van der Waals surface area contributed by atoms with Gasteiger partial charge in [0.25, 0.3) is 0 Å². The van der Waals surface area contributed by atoms with E-state index >= 15 is 0 Å². The molecule has 19 heavy (non-hydrogen) atoms. The SMILES string of the molecule is CC1CCN(Cc2cc(Cl)c3c(c2)OCO3)CC1O. The third-order valence-electron chi connectivity index (χ3n) is 3.90. The summed E-state index contributed by atoms with van der Waals surface area (Å²) in [6.07, 6.45) is 0.789. The number of benzene rings is 1. The molecule has 2 heterocycles. The predicted molar refractivity (Wildman–Crippen MR) is 72.6 cm³/mol. The highest BCUT2D eigenvalue weighted by molar-refractivity contribution is 6.32. The van der Waals surface area contributed by atoms with Gasteiger partial charge < -0.3 is 14.6 Å². The number of ether oxygens (including phenoxy) is 2. The molecule has 1 fully saturated rings. The van der Waals surface area contributed by atoms with Crippen LogP contribution in [0.1, 0.15) is 18.9 Å². The minimum atomic E-state index is -0.238. The molecule has 0 aromatic heterocycles. The summed E-state index contributed by atoms with van der Waals surface area (Å²) in [5, 5.41) is 10.5. The van der Waals surface area contributed by atoms with Gasteiger partial charge >= 0.3 is 0 Å². The zero-order chi connectivity index (χ0) is 13.4. The lowest BCUT2D eigenvalue weighted by Crippen LogP contribution is -2.42. The number of β-amino-alcohol motifs (C(OH)–C–C–N with tert-alkyl or cyclic N) is 1. The molecule has 1 aromatic carbocycles. The van der Waals surface area contributed by atoms with E-state index < -0.39 is 0 Å². The number of aliphatic hydroxyl groups excluding tert-OH is 1. The zero-order valence-corrected chi connectivity index (χ0v) is 11.7. The van der Waals surface area contributed by atoms with Gasteiger partial charge in [-0.1, -0.05) is 18.5 Å². The molecule has 2 aliphatic heterocycles. The van der Waals surface area contributed by atoms with Crippen molar-refractivity contribution in [3.8, 4) is 11.5 Å². The van der Waals surface area contributed by atoms with Gasteiger partial charge in [0.1, 0.15) is 0 Å². The van der Waals surface area contributed by atoms with Crippen LogP contribution >= 0.6 is 11.6 Å². The van der Waals surface area contributed by atoms with E-state index in [1.54, 1.807) is 0 Å². The number of nitrogens with zero attached hydrogens (tertiary/aromatic N) is 1. The van der Waals surface area contributed by atoms with Gasteiger partial charge in [-0.05, 0) is 36.6 Å². The molecule has 0 saturated carbocycles. The van der Waals surface area contributed by atoms with Crippen molar-refractivity contribution in [2.45, 2.75) is 26.0 Å². The molecule has 0 amide bonds. The summed E-state index contributed by atoms with van der Waals surface area (Å²) >= 11 is 6.17. The van der Waals surface area contributed by atoms with Gasteiger partial charge in [0.2, 0.25) is 6.79 Å². The van der Waals surface area contributed by atoms with Gasteiger partial charge in [-0.2, -0.15) is 0 Å². The van der Waals surface area contributed by atoms with Gasteiger partial charge in [0.15, 0.2) is 11.5 Å². The Balaban J connectivity index is 1.72. The number of halogens is 1.